The van der Waals surface area contributed by atoms with Crippen LogP contribution >= 0.6 is 7.82 Å². The molecule has 0 aliphatic rings. The second-order valence-electron chi connectivity index (χ2n) is 5.45. The maximum absolute atomic E-state index is 11.1. The molecule has 2 atom stereocenters. The Hall–Kier alpha value is -0.930. The monoisotopic (exact) mass is 328 g/mol. The van der Waals surface area contributed by atoms with E-state index >= 15 is 0 Å². The Balaban J connectivity index is 4.11. The van der Waals surface area contributed by atoms with Crippen molar-refractivity contribution in [3.05, 3.63) is 47.6 Å². The van der Waals surface area contributed by atoms with Crippen molar-refractivity contribution in [1.82, 2.24) is 0 Å². The second kappa shape index (κ2) is 11.6. The van der Waals surface area contributed by atoms with Gasteiger partial charge in [0.05, 0.1) is 6.61 Å². The number of phosphoric acid groups is 1. The van der Waals surface area contributed by atoms with Gasteiger partial charge in [0.1, 0.15) is 0 Å². The Labute approximate surface area is 134 Å². The first-order chi connectivity index (χ1) is 10.3. The van der Waals surface area contributed by atoms with Crippen molar-refractivity contribution in [3.8, 4) is 0 Å². The van der Waals surface area contributed by atoms with Gasteiger partial charge < -0.3 is 4.89 Å². The van der Waals surface area contributed by atoms with Crippen LogP contribution in [-0.4, -0.2) is 18.6 Å². The molecule has 126 valence electrons. The molecule has 0 aliphatic carbocycles. The molecule has 0 spiro atoms. The number of hydrogen-bond acceptors (Lipinski definition) is 3. The minimum Gasteiger partial charge on any atom is -0.302 e. The van der Waals surface area contributed by atoms with Gasteiger partial charge in [-0.05, 0) is 39.5 Å². The minimum absolute atomic E-state index is 0.0529. The Morgan fingerprint density at radius 1 is 1.27 bits per heavy atom. The molecular formula is C17H29O4P. The van der Waals surface area contributed by atoms with Crippen LogP contribution in [0.1, 0.15) is 40.5 Å². The van der Waals surface area contributed by atoms with Crippen LogP contribution in [0.4, 0.5) is 0 Å². The number of allylic oxidation sites excluding steroid dienone is 7. The predicted octanol–water partition coefficient (Wildman–Crippen LogP) is 5.19. The third-order valence-corrected chi connectivity index (χ3v) is 3.83. The molecule has 0 radical (unpaired) electrons. The highest BCUT2D eigenvalue weighted by Gasteiger charge is 2.16. The van der Waals surface area contributed by atoms with E-state index in [4.69, 9.17) is 9.42 Å². The smallest absolute Gasteiger partial charge is 0.302 e. The summed E-state index contributed by atoms with van der Waals surface area (Å²) >= 11 is 0. The molecular weight excluding hydrogens is 299 g/mol. The fourth-order valence-corrected chi connectivity index (χ4v) is 1.97. The maximum atomic E-state index is 11.1. The van der Waals surface area contributed by atoms with Crippen molar-refractivity contribution in [2.75, 3.05) is 13.7 Å². The van der Waals surface area contributed by atoms with Gasteiger partial charge in [0.15, 0.2) is 0 Å². The average Bonchev–Trinajstić information content (AvgIpc) is 2.43. The van der Waals surface area contributed by atoms with E-state index in [-0.39, 0.29) is 12.5 Å². The molecule has 0 aromatic heterocycles. The van der Waals surface area contributed by atoms with Crippen molar-refractivity contribution in [2.45, 2.75) is 40.5 Å². The zero-order chi connectivity index (χ0) is 17.0. The molecule has 0 bridgehead atoms. The average molecular weight is 328 g/mol. The lowest BCUT2D eigenvalue weighted by Gasteiger charge is -2.06. The molecule has 0 rings (SSSR count). The van der Waals surface area contributed by atoms with Crippen molar-refractivity contribution >= 4 is 7.82 Å². The highest BCUT2D eigenvalue weighted by molar-refractivity contribution is 7.47. The van der Waals surface area contributed by atoms with Gasteiger partial charge in [0.2, 0.25) is 0 Å². The van der Waals surface area contributed by atoms with Crippen molar-refractivity contribution in [1.29, 1.82) is 0 Å². The van der Waals surface area contributed by atoms with Gasteiger partial charge in [-0.2, -0.15) is 0 Å². The van der Waals surface area contributed by atoms with Crippen molar-refractivity contribution in [3.63, 3.8) is 0 Å². The second-order valence-corrected chi connectivity index (χ2v) is 7.01. The summed E-state index contributed by atoms with van der Waals surface area (Å²) in [6, 6.07) is 0. The van der Waals surface area contributed by atoms with E-state index in [1.54, 1.807) is 6.08 Å². The predicted molar refractivity (Wildman–Crippen MR) is 92.7 cm³/mol. The molecule has 5 heteroatoms. The van der Waals surface area contributed by atoms with E-state index in [2.05, 4.69) is 43.5 Å². The highest BCUT2D eigenvalue weighted by Crippen LogP contribution is 2.41. The van der Waals surface area contributed by atoms with Gasteiger partial charge in [-0.15, -0.1) is 0 Å². The summed E-state index contributed by atoms with van der Waals surface area (Å²) in [5.41, 5.74) is 2.69. The molecule has 22 heavy (non-hydrogen) atoms. The molecule has 0 aromatic rings. The fourth-order valence-electron chi connectivity index (χ4n) is 1.59. The summed E-state index contributed by atoms with van der Waals surface area (Å²) in [6.45, 7) is 8.44. The normalized spacial score (nSPS) is 16.9. The van der Waals surface area contributed by atoms with E-state index in [9.17, 15) is 4.57 Å². The molecule has 0 fully saturated rings. The summed E-state index contributed by atoms with van der Waals surface area (Å²) in [4.78, 5) is 9.05. The Morgan fingerprint density at radius 2 is 1.95 bits per heavy atom. The minimum atomic E-state index is -3.87. The van der Waals surface area contributed by atoms with Crippen molar-refractivity contribution in [2.24, 2.45) is 5.92 Å². The summed E-state index contributed by atoms with van der Waals surface area (Å²) in [6.07, 6.45) is 14.2. The van der Waals surface area contributed by atoms with Crippen LogP contribution < -0.4 is 0 Å². The summed E-state index contributed by atoms with van der Waals surface area (Å²) in [5, 5.41) is 0. The van der Waals surface area contributed by atoms with Crippen LogP contribution in [0.3, 0.4) is 0 Å². The van der Waals surface area contributed by atoms with Crippen LogP contribution in [0.5, 0.6) is 0 Å². The first kappa shape index (κ1) is 21.1. The van der Waals surface area contributed by atoms with E-state index in [1.807, 2.05) is 19.1 Å². The molecule has 4 nitrogen and oxygen atoms in total. The van der Waals surface area contributed by atoms with Crippen LogP contribution in [0.2, 0.25) is 0 Å². The molecule has 0 saturated carbocycles. The molecule has 0 saturated heterocycles. The lowest BCUT2D eigenvalue weighted by molar-refractivity contribution is 0.188. The van der Waals surface area contributed by atoms with Gasteiger partial charge in [-0.1, -0.05) is 54.5 Å². The van der Waals surface area contributed by atoms with Gasteiger partial charge in [-0.3, -0.25) is 9.05 Å². The zero-order valence-electron chi connectivity index (χ0n) is 14.3. The zero-order valence-corrected chi connectivity index (χ0v) is 15.2. The van der Waals surface area contributed by atoms with E-state index in [1.165, 1.54) is 11.1 Å². The topological polar surface area (TPSA) is 55.8 Å². The molecule has 0 aromatic carbocycles. The largest absolute Gasteiger partial charge is 0.472 e. The standard InChI is InChI=1S/C17H29O4P/c1-15(2)9-6-10-16(3)11-7-12-17(4)13-8-14-21-22(18,19)20-5/h7-9,11-13,17H,6,10,14H2,1-5H3,(H,18,19)/b12-7+,13-8+,16-11+. The fraction of sp³-hybridized carbons (Fsp3) is 0.529. The maximum Gasteiger partial charge on any atom is 0.472 e. The SMILES string of the molecule is COP(=O)(O)OC/C=C/C(C)/C=C/C=C(\C)CCC=C(C)C. The Kier molecular flexibility index (Phi) is 11.1. The molecule has 2 unspecified atom stereocenters. The summed E-state index contributed by atoms with van der Waals surface area (Å²) < 4.78 is 20.1. The van der Waals surface area contributed by atoms with Crippen LogP contribution in [0.25, 0.3) is 0 Å². The van der Waals surface area contributed by atoms with Crippen LogP contribution in [0.15, 0.2) is 47.6 Å². The van der Waals surface area contributed by atoms with Gasteiger partial charge in [0, 0.05) is 7.11 Å². The van der Waals surface area contributed by atoms with E-state index in [0.717, 1.165) is 20.0 Å². The van der Waals surface area contributed by atoms with Crippen LogP contribution in [0, 0.1) is 5.92 Å². The van der Waals surface area contributed by atoms with Crippen molar-refractivity contribution < 1.29 is 18.5 Å². The first-order valence-electron chi connectivity index (χ1n) is 7.44. The lowest BCUT2D eigenvalue weighted by Crippen LogP contribution is -1.92. The highest BCUT2D eigenvalue weighted by atomic mass is 31.2. The first-order valence-corrected chi connectivity index (χ1v) is 8.93. The van der Waals surface area contributed by atoms with Gasteiger partial charge >= 0.3 is 7.82 Å². The summed E-state index contributed by atoms with van der Waals surface area (Å²) in [7, 11) is -2.73. The van der Waals surface area contributed by atoms with Gasteiger partial charge in [-0.25, -0.2) is 4.57 Å². The molecule has 0 heterocycles. The quantitative estimate of drug-likeness (QED) is 0.340. The van der Waals surface area contributed by atoms with E-state index in [0.29, 0.717) is 0 Å². The number of rotatable bonds is 10. The summed E-state index contributed by atoms with van der Waals surface area (Å²) in [5.74, 6) is 0.228. The molecule has 0 aliphatic heterocycles. The van der Waals surface area contributed by atoms with E-state index < -0.39 is 7.82 Å². The number of phosphoric ester groups is 1. The third-order valence-electron chi connectivity index (χ3n) is 2.89. The third kappa shape index (κ3) is 12.8. The van der Waals surface area contributed by atoms with Gasteiger partial charge in [0.25, 0.3) is 0 Å². The molecule has 0 amide bonds. The number of hydrogen-bond donors (Lipinski definition) is 1. The Bertz CT molecular complexity index is 471. The Morgan fingerprint density at radius 3 is 2.55 bits per heavy atom. The molecule has 1 N–H and O–H groups in total. The lowest BCUT2D eigenvalue weighted by atomic mass is 10.1. The van der Waals surface area contributed by atoms with Crippen LogP contribution in [-0.2, 0) is 13.6 Å².